The van der Waals surface area contributed by atoms with E-state index < -0.39 is 0 Å². The molecule has 0 aromatic rings. The molecule has 0 amide bonds. The third-order valence-corrected chi connectivity index (χ3v) is 2.28. The van der Waals surface area contributed by atoms with Gasteiger partial charge in [-0.2, -0.15) is 0 Å². The second kappa shape index (κ2) is 2.53. The number of aliphatic hydroxyl groups is 1. The minimum absolute atomic E-state index is 0.0643. The molecule has 1 aliphatic carbocycles. The van der Waals surface area contributed by atoms with Crippen molar-refractivity contribution in [3.8, 4) is 0 Å². The molecule has 1 unspecified atom stereocenters. The number of hydrogen-bond donors (Lipinski definition) is 1. The van der Waals surface area contributed by atoms with Crippen LogP contribution in [0.3, 0.4) is 0 Å². The lowest BCUT2D eigenvalue weighted by Gasteiger charge is -2.02. The van der Waals surface area contributed by atoms with Crippen molar-refractivity contribution in [3.63, 3.8) is 0 Å². The minimum Gasteiger partial charge on any atom is -0.504 e. The third kappa shape index (κ3) is 0.985. The number of carbonyl (C=O) groups is 1. The topological polar surface area (TPSA) is 37.3 Å². The van der Waals surface area contributed by atoms with E-state index in [1.165, 1.54) is 0 Å². The van der Waals surface area contributed by atoms with Crippen LogP contribution in [0.2, 0.25) is 0 Å². The number of rotatable bonds is 0. The molecular formula is C9H12O2. The summed E-state index contributed by atoms with van der Waals surface area (Å²) in [5, 5.41) is 9.23. The lowest BCUT2D eigenvalue weighted by Crippen LogP contribution is -2.01. The Bertz CT molecular complexity index is 259. The smallest absolute Gasteiger partial charge is 0.223 e. The van der Waals surface area contributed by atoms with Crippen molar-refractivity contribution >= 4 is 5.78 Å². The zero-order valence-electron chi connectivity index (χ0n) is 7.01. The Hall–Kier alpha value is -1.05. The largest absolute Gasteiger partial charge is 0.504 e. The van der Waals surface area contributed by atoms with Gasteiger partial charge in [0.15, 0.2) is 5.76 Å². The molecule has 0 spiro atoms. The van der Waals surface area contributed by atoms with Gasteiger partial charge in [0.1, 0.15) is 0 Å². The summed E-state index contributed by atoms with van der Waals surface area (Å²) in [6, 6.07) is 0. The van der Waals surface area contributed by atoms with Gasteiger partial charge in [-0.3, -0.25) is 4.79 Å². The Morgan fingerprint density at radius 2 is 2.09 bits per heavy atom. The van der Waals surface area contributed by atoms with Crippen molar-refractivity contribution in [1.29, 1.82) is 0 Å². The minimum atomic E-state index is -0.211. The highest BCUT2D eigenvalue weighted by Crippen LogP contribution is 2.31. The molecule has 0 fully saturated rings. The van der Waals surface area contributed by atoms with Crippen LogP contribution >= 0.6 is 0 Å². The Morgan fingerprint density at radius 1 is 1.55 bits per heavy atom. The van der Waals surface area contributed by atoms with Crippen molar-refractivity contribution < 1.29 is 9.90 Å². The maximum Gasteiger partial charge on any atom is 0.223 e. The summed E-state index contributed by atoms with van der Waals surface area (Å²) in [5.74, 6) is -0.185. The summed E-state index contributed by atoms with van der Waals surface area (Å²) in [5.41, 5.74) is 1.49. The van der Waals surface area contributed by atoms with Crippen LogP contribution in [-0.2, 0) is 4.79 Å². The molecular weight excluding hydrogens is 140 g/mol. The van der Waals surface area contributed by atoms with Gasteiger partial charge in [-0.1, -0.05) is 13.0 Å². The fourth-order valence-corrected chi connectivity index (χ4v) is 1.33. The van der Waals surface area contributed by atoms with Gasteiger partial charge in [0.05, 0.1) is 0 Å². The third-order valence-electron chi connectivity index (χ3n) is 2.28. The molecule has 1 N–H and O–H groups in total. The van der Waals surface area contributed by atoms with E-state index in [9.17, 15) is 9.90 Å². The molecule has 0 radical (unpaired) electrons. The molecule has 0 bridgehead atoms. The molecule has 2 heteroatoms. The van der Waals surface area contributed by atoms with Gasteiger partial charge in [0.25, 0.3) is 0 Å². The second-order valence-electron chi connectivity index (χ2n) is 2.83. The van der Waals surface area contributed by atoms with E-state index in [1.54, 1.807) is 13.0 Å². The van der Waals surface area contributed by atoms with Gasteiger partial charge in [-0.05, 0) is 19.4 Å². The van der Waals surface area contributed by atoms with Gasteiger partial charge in [-0.15, -0.1) is 0 Å². The van der Waals surface area contributed by atoms with Crippen molar-refractivity contribution in [2.24, 2.45) is 5.92 Å². The molecule has 0 aliphatic heterocycles. The number of Topliss-reactive ketones (excluding diaryl/α,β-unsaturated/α-hetero) is 1. The Morgan fingerprint density at radius 3 is 2.27 bits per heavy atom. The maximum atomic E-state index is 11.2. The van der Waals surface area contributed by atoms with E-state index in [0.29, 0.717) is 5.57 Å². The van der Waals surface area contributed by atoms with Gasteiger partial charge < -0.3 is 5.11 Å². The van der Waals surface area contributed by atoms with Gasteiger partial charge >= 0.3 is 0 Å². The molecule has 1 atom stereocenters. The highest BCUT2D eigenvalue weighted by atomic mass is 16.3. The van der Waals surface area contributed by atoms with Crippen molar-refractivity contribution in [2.75, 3.05) is 0 Å². The molecule has 11 heavy (non-hydrogen) atoms. The highest BCUT2D eigenvalue weighted by molar-refractivity contribution is 6.10. The normalized spacial score (nSPS) is 28.8. The fraction of sp³-hybridized carbons (Fsp3) is 0.444. The molecule has 0 aromatic heterocycles. The first-order chi connectivity index (χ1) is 5.09. The zero-order valence-corrected chi connectivity index (χ0v) is 7.01. The van der Waals surface area contributed by atoms with Crippen LogP contribution in [-0.4, -0.2) is 10.9 Å². The van der Waals surface area contributed by atoms with Crippen LogP contribution in [0.5, 0.6) is 0 Å². The Balaban J connectivity index is 3.12. The number of hydrogen-bond acceptors (Lipinski definition) is 2. The lowest BCUT2D eigenvalue weighted by atomic mass is 10.00. The zero-order chi connectivity index (χ0) is 8.59. The summed E-state index contributed by atoms with van der Waals surface area (Å²) in [7, 11) is 0. The van der Waals surface area contributed by atoms with E-state index in [1.807, 2.05) is 13.8 Å². The number of allylic oxidation sites excluding steroid dienone is 3. The SMILES string of the molecule is C/C=C1/C(=O)C(O)=C(C)C1C. The first-order valence-electron chi connectivity index (χ1n) is 3.70. The molecule has 2 nitrogen and oxygen atoms in total. The highest BCUT2D eigenvalue weighted by Gasteiger charge is 2.30. The molecule has 60 valence electrons. The predicted octanol–water partition coefficient (Wildman–Crippen LogP) is 1.98. The average Bonchev–Trinajstić information content (AvgIpc) is 2.17. The summed E-state index contributed by atoms with van der Waals surface area (Å²) in [6.45, 7) is 5.52. The van der Waals surface area contributed by atoms with E-state index in [4.69, 9.17) is 0 Å². The summed E-state index contributed by atoms with van der Waals surface area (Å²) >= 11 is 0. The molecule has 1 rings (SSSR count). The number of carbonyl (C=O) groups excluding carboxylic acids is 1. The molecule has 1 aliphatic rings. The Labute approximate surface area is 66.2 Å². The summed E-state index contributed by atoms with van der Waals surface area (Å²) in [6.07, 6.45) is 1.76. The van der Waals surface area contributed by atoms with E-state index in [-0.39, 0.29) is 17.5 Å². The first kappa shape index (κ1) is 8.05. The Kier molecular flexibility index (Phi) is 1.85. The quantitative estimate of drug-likeness (QED) is 0.539. The van der Waals surface area contributed by atoms with Gasteiger partial charge in [0, 0.05) is 11.5 Å². The predicted molar refractivity (Wildman–Crippen MR) is 43.3 cm³/mol. The van der Waals surface area contributed by atoms with E-state index >= 15 is 0 Å². The van der Waals surface area contributed by atoms with Crippen molar-refractivity contribution in [3.05, 3.63) is 23.0 Å². The number of aliphatic hydroxyl groups excluding tert-OH is 1. The monoisotopic (exact) mass is 152 g/mol. The molecule has 0 aromatic carbocycles. The maximum absolute atomic E-state index is 11.2. The average molecular weight is 152 g/mol. The van der Waals surface area contributed by atoms with Crippen LogP contribution in [0.1, 0.15) is 20.8 Å². The van der Waals surface area contributed by atoms with Crippen LogP contribution in [0, 0.1) is 5.92 Å². The van der Waals surface area contributed by atoms with E-state index in [2.05, 4.69) is 0 Å². The lowest BCUT2D eigenvalue weighted by molar-refractivity contribution is -0.114. The molecule has 0 heterocycles. The van der Waals surface area contributed by atoms with Gasteiger partial charge in [-0.25, -0.2) is 0 Å². The van der Waals surface area contributed by atoms with Crippen LogP contribution in [0.4, 0.5) is 0 Å². The van der Waals surface area contributed by atoms with Crippen LogP contribution < -0.4 is 0 Å². The second-order valence-corrected chi connectivity index (χ2v) is 2.83. The van der Waals surface area contributed by atoms with Crippen LogP contribution in [0.15, 0.2) is 23.0 Å². The summed E-state index contributed by atoms with van der Waals surface area (Å²) in [4.78, 5) is 11.2. The van der Waals surface area contributed by atoms with Crippen LogP contribution in [0.25, 0.3) is 0 Å². The molecule has 0 saturated carbocycles. The van der Waals surface area contributed by atoms with E-state index in [0.717, 1.165) is 5.57 Å². The standard InChI is InChI=1S/C9H12O2/c1-4-7-5(2)6(3)8(10)9(7)11/h4-5,10H,1-3H3/b7-4+. The number of ketones is 1. The molecule has 0 saturated heterocycles. The van der Waals surface area contributed by atoms with Gasteiger partial charge in [0.2, 0.25) is 5.78 Å². The van der Waals surface area contributed by atoms with Crippen molar-refractivity contribution in [2.45, 2.75) is 20.8 Å². The summed E-state index contributed by atoms with van der Waals surface area (Å²) < 4.78 is 0. The fourth-order valence-electron chi connectivity index (χ4n) is 1.33. The van der Waals surface area contributed by atoms with Crippen molar-refractivity contribution in [1.82, 2.24) is 0 Å². The first-order valence-corrected chi connectivity index (χ1v) is 3.70.